The summed E-state index contributed by atoms with van der Waals surface area (Å²) in [7, 11) is 0. The Labute approximate surface area is 211 Å². The Hall–Kier alpha value is -3.66. The molecule has 2 aromatic rings. The number of hydrogen-bond acceptors (Lipinski definition) is 7. The first-order valence-corrected chi connectivity index (χ1v) is 10.7. The van der Waals surface area contributed by atoms with Crippen molar-refractivity contribution in [3.8, 4) is 0 Å². The van der Waals surface area contributed by atoms with Gasteiger partial charge >= 0.3 is 24.3 Å². The minimum atomic E-state index is -5.08. The third-order valence-corrected chi connectivity index (χ3v) is 5.52. The molecule has 0 spiro atoms. The lowest BCUT2D eigenvalue weighted by Gasteiger charge is -2.26. The first-order chi connectivity index (χ1) is 17.6. The summed E-state index contributed by atoms with van der Waals surface area (Å²) in [4.78, 5) is 37.1. The second kappa shape index (κ2) is 12.7. The number of carbonyl (C=O) groups is 3. The number of fused-ring (bicyclic) bond motifs is 1. The lowest BCUT2D eigenvalue weighted by molar-refractivity contribution is -0.193. The Balaban J connectivity index is 0.000000301. The molecule has 4 rings (SSSR count). The number of aromatic nitrogens is 1. The van der Waals surface area contributed by atoms with Crippen molar-refractivity contribution >= 4 is 17.8 Å². The number of amides is 1. The van der Waals surface area contributed by atoms with Crippen molar-refractivity contribution in [3.63, 3.8) is 0 Å². The lowest BCUT2D eigenvalue weighted by atomic mass is 9.80. The number of hydrogen-bond donors (Lipinski definition) is 3. The number of alkyl halides is 6. The van der Waals surface area contributed by atoms with E-state index in [0.29, 0.717) is 26.3 Å². The zero-order chi connectivity index (χ0) is 28.6. The average molecular weight is 555 g/mol. The molecule has 0 bridgehead atoms. The zero-order valence-electron chi connectivity index (χ0n) is 19.5. The van der Waals surface area contributed by atoms with E-state index in [1.165, 1.54) is 0 Å². The highest BCUT2D eigenvalue weighted by atomic mass is 19.4. The van der Waals surface area contributed by atoms with Crippen molar-refractivity contribution in [2.24, 2.45) is 11.3 Å². The number of carboxylic acids is 2. The second-order valence-electron chi connectivity index (χ2n) is 8.27. The summed E-state index contributed by atoms with van der Waals surface area (Å²) >= 11 is 0. The van der Waals surface area contributed by atoms with Crippen LogP contribution < -0.4 is 5.32 Å². The fourth-order valence-corrected chi connectivity index (χ4v) is 3.77. The molecule has 0 aromatic carbocycles. The van der Waals surface area contributed by atoms with Crippen molar-refractivity contribution in [1.82, 2.24) is 15.2 Å². The Morgan fingerprint density at radius 1 is 1.08 bits per heavy atom. The summed E-state index contributed by atoms with van der Waals surface area (Å²) in [6.07, 6.45) is -4.97. The van der Waals surface area contributed by atoms with Gasteiger partial charge in [0.1, 0.15) is 5.76 Å². The third kappa shape index (κ3) is 8.72. The van der Waals surface area contributed by atoms with Crippen LogP contribution >= 0.6 is 0 Å². The lowest BCUT2D eigenvalue weighted by Crippen LogP contribution is -2.46. The van der Waals surface area contributed by atoms with Gasteiger partial charge in [-0.3, -0.25) is 14.7 Å². The fourth-order valence-electron chi connectivity index (χ4n) is 3.77. The Bertz CT molecular complexity index is 1040. The van der Waals surface area contributed by atoms with Crippen molar-refractivity contribution in [1.29, 1.82) is 0 Å². The number of aliphatic carboxylic acids is 2. The van der Waals surface area contributed by atoms with Gasteiger partial charge in [-0.05, 0) is 23.8 Å². The number of likely N-dealkylation sites (tertiary alicyclic amines) is 1. The van der Waals surface area contributed by atoms with Crippen LogP contribution in [-0.4, -0.2) is 76.6 Å². The summed E-state index contributed by atoms with van der Waals surface area (Å²) in [5.41, 5.74) is 0.553. The molecule has 2 atom stereocenters. The van der Waals surface area contributed by atoms with E-state index in [4.69, 9.17) is 29.0 Å². The van der Waals surface area contributed by atoms with Crippen LogP contribution in [0.15, 0.2) is 47.3 Å². The van der Waals surface area contributed by atoms with Crippen LogP contribution in [0.1, 0.15) is 11.3 Å². The predicted octanol–water partition coefficient (Wildman–Crippen LogP) is 2.71. The number of nitrogens with zero attached hydrogens (tertiary/aromatic N) is 2. The maximum atomic E-state index is 12.9. The van der Waals surface area contributed by atoms with Crippen LogP contribution in [0.2, 0.25) is 0 Å². The smallest absolute Gasteiger partial charge is 0.475 e. The van der Waals surface area contributed by atoms with E-state index >= 15 is 0 Å². The summed E-state index contributed by atoms with van der Waals surface area (Å²) in [6, 6.07) is 7.71. The highest BCUT2D eigenvalue weighted by Gasteiger charge is 2.55. The van der Waals surface area contributed by atoms with E-state index in [1.54, 1.807) is 18.7 Å². The van der Waals surface area contributed by atoms with Crippen LogP contribution in [0.3, 0.4) is 0 Å². The number of carboxylic acid groups (broad SMARTS) is 2. The predicted molar refractivity (Wildman–Crippen MR) is 114 cm³/mol. The topological polar surface area (TPSA) is 142 Å². The van der Waals surface area contributed by atoms with Gasteiger partial charge < -0.3 is 24.7 Å². The molecule has 2 aliphatic rings. The molecular weight excluding hydrogens is 532 g/mol. The van der Waals surface area contributed by atoms with Gasteiger partial charge in [-0.25, -0.2) is 9.59 Å². The number of rotatable bonds is 5. The molecule has 3 N–H and O–H groups in total. The molecule has 0 unspecified atom stereocenters. The van der Waals surface area contributed by atoms with E-state index in [0.717, 1.165) is 24.4 Å². The fraction of sp³-hybridized carbons (Fsp3) is 0.455. The molecule has 0 saturated carbocycles. The van der Waals surface area contributed by atoms with E-state index in [9.17, 15) is 31.1 Å². The molecule has 10 nitrogen and oxygen atoms in total. The normalized spacial score (nSPS) is 20.8. The zero-order valence-corrected chi connectivity index (χ0v) is 19.5. The first-order valence-electron chi connectivity index (χ1n) is 10.7. The summed E-state index contributed by atoms with van der Waals surface area (Å²) in [5, 5.41) is 17.3. The quantitative estimate of drug-likeness (QED) is 0.475. The van der Waals surface area contributed by atoms with Crippen LogP contribution in [0.5, 0.6) is 0 Å². The van der Waals surface area contributed by atoms with Gasteiger partial charge in [-0.15, -0.1) is 0 Å². The van der Waals surface area contributed by atoms with Gasteiger partial charge in [0.15, 0.2) is 0 Å². The van der Waals surface area contributed by atoms with Gasteiger partial charge in [0.05, 0.1) is 31.4 Å². The van der Waals surface area contributed by atoms with Gasteiger partial charge in [0.25, 0.3) is 0 Å². The highest BCUT2D eigenvalue weighted by molar-refractivity contribution is 5.84. The van der Waals surface area contributed by atoms with E-state index in [2.05, 4.69) is 15.2 Å². The molecule has 2 saturated heterocycles. The van der Waals surface area contributed by atoms with E-state index in [1.807, 2.05) is 24.3 Å². The summed E-state index contributed by atoms with van der Waals surface area (Å²) in [6.45, 7) is 3.94. The van der Waals surface area contributed by atoms with Crippen LogP contribution in [0.4, 0.5) is 26.3 Å². The third-order valence-electron chi connectivity index (χ3n) is 5.52. The minimum Gasteiger partial charge on any atom is -0.475 e. The number of furan rings is 1. The molecule has 0 radical (unpaired) electrons. The molecule has 4 heterocycles. The largest absolute Gasteiger partial charge is 0.490 e. The van der Waals surface area contributed by atoms with Crippen molar-refractivity contribution < 1.29 is 60.1 Å². The Morgan fingerprint density at radius 3 is 2.21 bits per heavy atom. The van der Waals surface area contributed by atoms with E-state index in [-0.39, 0.29) is 11.8 Å². The van der Waals surface area contributed by atoms with Crippen LogP contribution in [0, 0.1) is 11.3 Å². The van der Waals surface area contributed by atoms with Crippen LogP contribution in [0.25, 0.3) is 0 Å². The Kier molecular flexibility index (Phi) is 10.2. The standard InChI is InChI=1S/C18H21N3O3.2C2HF3O2/c22-17(20-8-14-3-1-5-19-7-14)18-12-21(9-15(18)11-23-13-18)10-16-4-2-6-24-16;2*3-2(4,5)1(6)7/h1-7,15H,8-13H2,(H,20,22);2*(H,6,7)/t15-,18-;;/m1../s1. The summed E-state index contributed by atoms with van der Waals surface area (Å²) < 4.78 is 74.6. The molecule has 38 heavy (non-hydrogen) atoms. The molecular formula is C22H23F6N3O7. The van der Waals surface area contributed by atoms with Crippen molar-refractivity contribution in [2.75, 3.05) is 26.3 Å². The highest BCUT2D eigenvalue weighted by Crippen LogP contribution is 2.42. The number of ether oxygens (including phenoxy) is 1. The average Bonchev–Trinajstić information content (AvgIpc) is 3.55. The van der Waals surface area contributed by atoms with Gasteiger partial charge in [-0.1, -0.05) is 6.07 Å². The first kappa shape index (κ1) is 30.6. The van der Waals surface area contributed by atoms with Gasteiger partial charge in [0, 0.05) is 37.9 Å². The summed E-state index contributed by atoms with van der Waals surface area (Å²) in [5.74, 6) is -4.26. The van der Waals surface area contributed by atoms with Crippen molar-refractivity contribution in [2.45, 2.75) is 25.4 Å². The minimum absolute atomic E-state index is 0.0794. The second-order valence-corrected chi connectivity index (χ2v) is 8.27. The molecule has 0 aliphatic carbocycles. The van der Waals surface area contributed by atoms with Gasteiger partial charge in [-0.2, -0.15) is 26.3 Å². The van der Waals surface area contributed by atoms with Crippen molar-refractivity contribution in [3.05, 3.63) is 54.2 Å². The Morgan fingerprint density at radius 2 is 1.71 bits per heavy atom. The molecule has 2 aromatic heterocycles. The maximum absolute atomic E-state index is 12.9. The molecule has 210 valence electrons. The van der Waals surface area contributed by atoms with E-state index < -0.39 is 29.7 Å². The molecule has 2 fully saturated rings. The molecule has 2 aliphatic heterocycles. The number of halogens is 6. The monoisotopic (exact) mass is 555 g/mol. The van der Waals surface area contributed by atoms with Gasteiger partial charge in [0.2, 0.25) is 5.91 Å². The molecule has 16 heteroatoms. The number of carbonyl (C=O) groups excluding carboxylic acids is 1. The number of pyridine rings is 1. The maximum Gasteiger partial charge on any atom is 0.490 e. The number of nitrogens with one attached hydrogen (secondary N) is 1. The van der Waals surface area contributed by atoms with Crippen LogP contribution in [-0.2, 0) is 32.2 Å². The molecule has 1 amide bonds. The SMILES string of the molecule is O=C(NCc1cccnc1)[C@]12COC[C@H]1CN(Cc1ccco1)C2.O=C(O)C(F)(F)F.O=C(O)C(F)(F)F.